The maximum atomic E-state index is 11.2. The first-order chi connectivity index (χ1) is 12.1. The lowest BCUT2D eigenvalue weighted by atomic mass is 10.0. The van der Waals surface area contributed by atoms with Gasteiger partial charge in [-0.25, -0.2) is 0 Å². The molecule has 124 valence electrons. The van der Waals surface area contributed by atoms with Gasteiger partial charge < -0.3 is 5.73 Å². The van der Waals surface area contributed by atoms with Gasteiger partial charge in [0, 0.05) is 17.2 Å². The highest BCUT2D eigenvalue weighted by Crippen LogP contribution is 2.24. The second-order valence-corrected chi connectivity index (χ2v) is 5.33. The van der Waals surface area contributed by atoms with Crippen molar-refractivity contribution in [2.75, 3.05) is 11.2 Å². The Morgan fingerprint density at radius 2 is 1.56 bits per heavy atom. The molecule has 0 aliphatic rings. The number of benzene rings is 3. The summed E-state index contributed by atoms with van der Waals surface area (Å²) >= 11 is 0. The maximum absolute atomic E-state index is 11.2. The van der Waals surface area contributed by atoms with E-state index in [1.807, 2.05) is 60.7 Å². The van der Waals surface area contributed by atoms with E-state index in [0.717, 1.165) is 11.3 Å². The van der Waals surface area contributed by atoms with Crippen LogP contribution in [-0.4, -0.2) is 10.6 Å². The van der Waals surface area contributed by atoms with E-state index in [4.69, 9.17) is 5.73 Å². The number of nitrogens with one attached hydrogen (secondary N) is 1. The maximum Gasteiger partial charge on any atom is 0.292 e. The predicted octanol–water partition coefficient (Wildman–Crippen LogP) is 4.04. The van der Waals surface area contributed by atoms with Gasteiger partial charge in [0.2, 0.25) is 0 Å². The van der Waals surface area contributed by atoms with Crippen LogP contribution in [-0.2, 0) is 0 Å². The summed E-state index contributed by atoms with van der Waals surface area (Å²) < 4.78 is 0. The normalized spacial score (nSPS) is 11.1. The van der Waals surface area contributed by atoms with Crippen LogP contribution in [0, 0.1) is 10.1 Å². The first kappa shape index (κ1) is 16.2. The molecule has 6 nitrogen and oxygen atoms in total. The summed E-state index contributed by atoms with van der Waals surface area (Å²) in [5.41, 5.74) is 11.5. The van der Waals surface area contributed by atoms with E-state index in [1.165, 1.54) is 12.1 Å². The number of nitrogen functional groups attached to an aromatic ring is 1. The second kappa shape index (κ2) is 7.27. The molecule has 3 aromatic rings. The Kier molecular flexibility index (Phi) is 4.71. The SMILES string of the molecule is Nc1ccc(/C(=N\Nc2ccccc2)c2ccccc2)cc1[N+](=O)[O-]. The molecule has 3 aromatic carbocycles. The minimum absolute atomic E-state index is 0.122. The summed E-state index contributed by atoms with van der Waals surface area (Å²) in [6, 6.07) is 23.6. The van der Waals surface area contributed by atoms with Crippen molar-refractivity contribution in [3.8, 4) is 0 Å². The largest absolute Gasteiger partial charge is 0.393 e. The zero-order chi connectivity index (χ0) is 17.6. The van der Waals surface area contributed by atoms with Crippen LogP contribution in [0.25, 0.3) is 0 Å². The molecule has 0 aliphatic heterocycles. The lowest BCUT2D eigenvalue weighted by Crippen LogP contribution is -2.08. The third kappa shape index (κ3) is 3.81. The van der Waals surface area contributed by atoms with E-state index in [2.05, 4.69) is 10.5 Å². The fourth-order valence-corrected chi connectivity index (χ4v) is 2.37. The van der Waals surface area contributed by atoms with Crippen LogP contribution in [0.4, 0.5) is 17.1 Å². The number of hydrogen-bond acceptors (Lipinski definition) is 5. The van der Waals surface area contributed by atoms with E-state index in [9.17, 15) is 10.1 Å². The molecule has 0 fully saturated rings. The van der Waals surface area contributed by atoms with Crippen molar-refractivity contribution in [3.63, 3.8) is 0 Å². The standard InChI is InChI=1S/C19H16N4O2/c20-17-12-11-15(13-18(17)23(24)25)19(14-7-3-1-4-8-14)22-21-16-9-5-2-6-10-16/h1-13,21H,20H2/b22-19-. The third-order valence-corrected chi connectivity index (χ3v) is 3.62. The molecular weight excluding hydrogens is 316 g/mol. The van der Waals surface area contributed by atoms with Crippen LogP contribution in [0.2, 0.25) is 0 Å². The molecule has 0 aliphatic carbocycles. The van der Waals surface area contributed by atoms with Crippen molar-refractivity contribution in [1.82, 2.24) is 0 Å². The third-order valence-electron chi connectivity index (χ3n) is 3.62. The van der Waals surface area contributed by atoms with Gasteiger partial charge in [-0.15, -0.1) is 0 Å². The van der Waals surface area contributed by atoms with E-state index in [1.54, 1.807) is 6.07 Å². The molecule has 3 rings (SSSR count). The number of nitro benzene ring substituents is 1. The van der Waals surface area contributed by atoms with Crippen molar-refractivity contribution in [2.45, 2.75) is 0 Å². The summed E-state index contributed by atoms with van der Waals surface area (Å²) in [5, 5.41) is 15.7. The predicted molar refractivity (Wildman–Crippen MR) is 99.7 cm³/mol. The Hall–Kier alpha value is -3.67. The molecule has 3 N–H and O–H groups in total. The topological polar surface area (TPSA) is 93.5 Å². The first-order valence-corrected chi connectivity index (χ1v) is 7.63. The van der Waals surface area contributed by atoms with Gasteiger partial charge in [-0.3, -0.25) is 15.5 Å². The van der Waals surface area contributed by atoms with Crippen molar-refractivity contribution >= 4 is 22.8 Å². The molecule has 0 heterocycles. The van der Waals surface area contributed by atoms with Gasteiger partial charge in [0.25, 0.3) is 5.69 Å². The highest BCUT2D eigenvalue weighted by atomic mass is 16.6. The van der Waals surface area contributed by atoms with E-state index in [-0.39, 0.29) is 11.4 Å². The van der Waals surface area contributed by atoms with Crippen LogP contribution in [0.5, 0.6) is 0 Å². The minimum atomic E-state index is -0.494. The van der Waals surface area contributed by atoms with Gasteiger partial charge in [0.05, 0.1) is 16.3 Å². The number of para-hydroxylation sites is 1. The lowest BCUT2D eigenvalue weighted by molar-refractivity contribution is -0.383. The molecule has 0 spiro atoms. The molecule has 0 saturated carbocycles. The molecule has 25 heavy (non-hydrogen) atoms. The summed E-state index contributed by atoms with van der Waals surface area (Å²) in [7, 11) is 0. The monoisotopic (exact) mass is 332 g/mol. The zero-order valence-electron chi connectivity index (χ0n) is 13.3. The first-order valence-electron chi connectivity index (χ1n) is 7.63. The number of hydrazone groups is 1. The number of hydrogen-bond donors (Lipinski definition) is 2. The summed E-state index contributed by atoms with van der Waals surface area (Å²) in [4.78, 5) is 10.7. The molecule has 0 radical (unpaired) electrons. The number of nitrogens with two attached hydrogens (primary N) is 1. The van der Waals surface area contributed by atoms with Crippen LogP contribution >= 0.6 is 0 Å². The lowest BCUT2D eigenvalue weighted by Gasteiger charge is -2.09. The van der Waals surface area contributed by atoms with Crippen LogP contribution < -0.4 is 11.2 Å². The molecule has 0 atom stereocenters. The van der Waals surface area contributed by atoms with Crippen molar-refractivity contribution in [3.05, 3.63) is 100 Å². The minimum Gasteiger partial charge on any atom is -0.393 e. The molecule has 0 saturated heterocycles. The summed E-state index contributed by atoms with van der Waals surface area (Å²) in [6.45, 7) is 0. The van der Waals surface area contributed by atoms with Crippen molar-refractivity contribution < 1.29 is 4.92 Å². The average molecular weight is 332 g/mol. The summed E-state index contributed by atoms with van der Waals surface area (Å²) in [6.07, 6.45) is 0. The number of nitrogens with zero attached hydrogens (tertiary/aromatic N) is 2. The van der Waals surface area contributed by atoms with Gasteiger partial charge in [0.1, 0.15) is 5.69 Å². The highest BCUT2D eigenvalue weighted by Gasteiger charge is 2.16. The van der Waals surface area contributed by atoms with Gasteiger partial charge >= 0.3 is 0 Å². The Labute approximate surface area is 144 Å². The Bertz CT molecular complexity index is 909. The second-order valence-electron chi connectivity index (χ2n) is 5.33. The van der Waals surface area contributed by atoms with E-state index < -0.39 is 4.92 Å². The summed E-state index contributed by atoms with van der Waals surface area (Å²) in [5.74, 6) is 0. The van der Waals surface area contributed by atoms with E-state index >= 15 is 0 Å². The number of nitro groups is 1. The zero-order valence-corrected chi connectivity index (χ0v) is 13.3. The van der Waals surface area contributed by atoms with E-state index in [0.29, 0.717) is 11.3 Å². The molecular formula is C19H16N4O2. The molecule has 6 heteroatoms. The van der Waals surface area contributed by atoms with Crippen LogP contribution in [0.15, 0.2) is 84.0 Å². The number of anilines is 2. The molecule has 0 unspecified atom stereocenters. The van der Waals surface area contributed by atoms with Gasteiger partial charge in [-0.2, -0.15) is 5.10 Å². The Morgan fingerprint density at radius 3 is 2.20 bits per heavy atom. The van der Waals surface area contributed by atoms with Gasteiger partial charge in [-0.05, 0) is 18.2 Å². The highest BCUT2D eigenvalue weighted by molar-refractivity contribution is 6.13. The Balaban J connectivity index is 2.06. The molecule has 0 amide bonds. The quantitative estimate of drug-likeness (QED) is 0.319. The Morgan fingerprint density at radius 1 is 0.920 bits per heavy atom. The molecule has 0 bridgehead atoms. The fraction of sp³-hybridized carbons (Fsp3) is 0. The van der Waals surface area contributed by atoms with Gasteiger partial charge in [-0.1, -0.05) is 54.6 Å². The molecule has 0 aromatic heterocycles. The van der Waals surface area contributed by atoms with Crippen molar-refractivity contribution in [1.29, 1.82) is 0 Å². The van der Waals surface area contributed by atoms with Gasteiger partial charge in [0.15, 0.2) is 0 Å². The smallest absolute Gasteiger partial charge is 0.292 e. The average Bonchev–Trinajstić information content (AvgIpc) is 2.64. The van der Waals surface area contributed by atoms with Crippen LogP contribution in [0.1, 0.15) is 11.1 Å². The van der Waals surface area contributed by atoms with Crippen molar-refractivity contribution in [2.24, 2.45) is 5.10 Å². The number of rotatable bonds is 5. The van der Waals surface area contributed by atoms with Crippen LogP contribution in [0.3, 0.4) is 0 Å². The fourth-order valence-electron chi connectivity index (χ4n) is 2.37.